The van der Waals surface area contributed by atoms with Crippen LogP contribution in [-0.4, -0.2) is 60.1 Å². The molecule has 0 spiro atoms. The summed E-state index contributed by atoms with van der Waals surface area (Å²) in [6.07, 6.45) is 2.55. The third kappa shape index (κ3) is 4.33. The van der Waals surface area contributed by atoms with Gasteiger partial charge in [-0.3, -0.25) is 4.90 Å². The van der Waals surface area contributed by atoms with Crippen LogP contribution in [0.2, 0.25) is 0 Å². The molecule has 0 aliphatic carbocycles. The summed E-state index contributed by atoms with van der Waals surface area (Å²) in [4.78, 5) is 12.2. The second-order valence-corrected chi connectivity index (χ2v) is 7.31. The molecule has 17 heavy (non-hydrogen) atoms. The minimum atomic E-state index is -3.10. The summed E-state index contributed by atoms with van der Waals surface area (Å²) in [5.74, 6) is 0.566. The Morgan fingerprint density at radius 2 is 2.29 bits per heavy atom. The molecule has 1 N–H and O–H groups in total. The van der Waals surface area contributed by atoms with Gasteiger partial charge in [0.2, 0.25) is 0 Å². The van der Waals surface area contributed by atoms with Crippen LogP contribution in [0, 0.1) is 0 Å². The molecule has 0 aromatic heterocycles. The van der Waals surface area contributed by atoms with Crippen LogP contribution in [0.15, 0.2) is 12.2 Å². The number of nitrogens with zero attached hydrogens (tertiary/aromatic N) is 1. The molecule has 0 aromatic carbocycles. The Labute approximate surface area is 106 Å². The van der Waals surface area contributed by atoms with E-state index in [9.17, 15) is 13.2 Å². The number of hydrogen-bond donors (Lipinski definition) is 1. The Balaban J connectivity index is 2.70. The zero-order valence-corrected chi connectivity index (χ0v) is 11.3. The van der Waals surface area contributed by atoms with Crippen LogP contribution in [0.5, 0.6) is 0 Å². The maximum absolute atomic E-state index is 11.9. The zero-order chi connectivity index (χ0) is 12.9. The summed E-state index contributed by atoms with van der Waals surface area (Å²) in [5, 5.41) is 8.01. The van der Waals surface area contributed by atoms with Gasteiger partial charge < -0.3 is 5.11 Å². The number of hydrogen-bond acceptors (Lipinski definition) is 5. The molecule has 1 unspecified atom stereocenters. The van der Waals surface area contributed by atoms with Gasteiger partial charge >= 0.3 is 5.97 Å². The molecule has 1 saturated heterocycles. The predicted octanol–water partition coefficient (Wildman–Crippen LogP) is 0.437. The maximum atomic E-state index is 11.9. The number of carboxylic acids is 1. The van der Waals surface area contributed by atoms with Gasteiger partial charge in [-0.05, 0) is 0 Å². The number of carbonyl (C=O) groups is 1. The Hall–Kier alpha value is -0.530. The van der Waals surface area contributed by atoms with Crippen LogP contribution >= 0.6 is 11.8 Å². The molecule has 0 radical (unpaired) electrons. The molecular formula is C10H17NO4S2. The molecule has 98 valence electrons. The lowest BCUT2D eigenvalue weighted by molar-refractivity contribution is -0.131. The van der Waals surface area contributed by atoms with Crippen molar-refractivity contribution in [2.24, 2.45) is 0 Å². The molecule has 0 aromatic rings. The minimum Gasteiger partial charge on any atom is -0.478 e. The van der Waals surface area contributed by atoms with Crippen LogP contribution in [-0.2, 0) is 14.6 Å². The first-order valence-corrected chi connectivity index (χ1v) is 8.27. The topological polar surface area (TPSA) is 74.7 Å². The van der Waals surface area contributed by atoms with E-state index in [0.717, 1.165) is 11.8 Å². The van der Waals surface area contributed by atoms with E-state index in [-0.39, 0.29) is 5.75 Å². The van der Waals surface area contributed by atoms with E-state index in [1.807, 2.05) is 4.90 Å². The Morgan fingerprint density at radius 3 is 2.88 bits per heavy atom. The quantitative estimate of drug-likeness (QED) is 0.736. The van der Waals surface area contributed by atoms with Crippen molar-refractivity contribution >= 4 is 27.6 Å². The lowest BCUT2D eigenvalue weighted by atomic mass is 10.4. The molecule has 0 bridgehead atoms. The van der Waals surface area contributed by atoms with Crippen molar-refractivity contribution in [3.8, 4) is 0 Å². The molecule has 1 aliphatic heterocycles. The fourth-order valence-electron chi connectivity index (χ4n) is 1.64. The van der Waals surface area contributed by atoms with E-state index in [2.05, 4.69) is 0 Å². The van der Waals surface area contributed by atoms with Crippen molar-refractivity contribution in [1.82, 2.24) is 4.90 Å². The van der Waals surface area contributed by atoms with E-state index in [1.165, 1.54) is 6.08 Å². The summed E-state index contributed by atoms with van der Waals surface area (Å²) in [6.45, 7) is 2.69. The lowest BCUT2D eigenvalue weighted by Crippen LogP contribution is -2.47. The van der Waals surface area contributed by atoms with E-state index < -0.39 is 21.2 Å². The number of thioether (sulfide) groups is 1. The van der Waals surface area contributed by atoms with Crippen LogP contribution in [0.1, 0.15) is 6.92 Å². The predicted molar refractivity (Wildman–Crippen MR) is 68.9 cm³/mol. The maximum Gasteiger partial charge on any atom is 0.328 e. The molecular weight excluding hydrogens is 262 g/mol. The first-order valence-electron chi connectivity index (χ1n) is 5.40. The van der Waals surface area contributed by atoms with Gasteiger partial charge in [0.25, 0.3) is 0 Å². The standard InChI is InChI=1S/C10H17NO4S2/c1-2-17(14,15)9-8-16-7-6-11(9)5-3-4-10(12)13/h3-4,9H,2,5-8H2,1H3,(H,12,13)/b4-3+. The van der Waals surface area contributed by atoms with Gasteiger partial charge in [-0.15, -0.1) is 0 Å². The molecule has 1 aliphatic rings. The lowest BCUT2D eigenvalue weighted by Gasteiger charge is -2.33. The van der Waals surface area contributed by atoms with Gasteiger partial charge in [0, 0.05) is 36.4 Å². The first-order chi connectivity index (χ1) is 7.97. The first kappa shape index (κ1) is 14.5. The summed E-state index contributed by atoms with van der Waals surface area (Å²) in [5.41, 5.74) is 0. The molecule has 1 rings (SSSR count). The van der Waals surface area contributed by atoms with E-state index in [0.29, 0.717) is 18.8 Å². The molecule has 1 fully saturated rings. The zero-order valence-electron chi connectivity index (χ0n) is 9.70. The van der Waals surface area contributed by atoms with Crippen LogP contribution in [0.25, 0.3) is 0 Å². The van der Waals surface area contributed by atoms with Gasteiger partial charge in [-0.2, -0.15) is 11.8 Å². The van der Waals surface area contributed by atoms with Gasteiger partial charge in [-0.1, -0.05) is 13.0 Å². The molecule has 7 heteroatoms. The smallest absolute Gasteiger partial charge is 0.328 e. The summed E-state index contributed by atoms with van der Waals surface area (Å²) >= 11 is 1.63. The summed E-state index contributed by atoms with van der Waals surface area (Å²) in [7, 11) is -3.10. The molecule has 1 heterocycles. The minimum absolute atomic E-state index is 0.122. The normalized spacial score (nSPS) is 23.0. The van der Waals surface area contributed by atoms with E-state index in [1.54, 1.807) is 18.7 Å². The van der Waals surface area contributed by atoms with Crippen molar-refractivity contribution in [3.05, 3.63) is 12.2 Å². The highest BCUT2D eigenvalue weighted by Crippen LogP contribution is 2.21. The van der Waals surface area contributed by atoms with Crippen LogP contribution in [0.3, 0.4) is 0 Å². The van der Waals surface area contributed by atoms with Crippen LogP contribution < -0.4 is 0 Å². The highest BCUT2D eigenvalue weighted by atomic mass is 32.2. The molecule has 0 saturated carbocycles. The third-order valence-electron chi connectivity index (χ3n) is 2.61. The monoisotopic (exact) mass is 279 g/mol. The molecule has 5 nitrogen and oxygen atoms in total. The summed E-state index contributed by atoms with van der Waals surface area (Å²) < 4.78 is 23.7. The Morgan fingerprint density at radius 1 is 1.59 bits per heavy atom. The molecule has 1 atom stereocenters. The second kappa shape index (κ2) is 6.42. The fourth-order valence-corrected chi connectivity index (χ4v) is 4.73. The van der Waals surface area contributed by atoms with Crippen molar-refractivity contribution in [2.75, 3.05) is 30.3 Å². The van der Waals surface area contributed by atoms with Crippen LogP contribution in [0.4, 0.5) is 0 Å². The van der Waals surface area contributed by atoms with Crippen molar-refractivity contribution in [1.29, 1.82) is 0 Å². The fraction of sp³-hybridized carbons (Fsp3) is 0.700. The second-order valence-electron chi connectivity index (χ2n) is 3.72. The van der Waals surface area contributed by atoms with Crippen molar-refractivity contribution in [3.63, 3.8) is 0 Å². The van der Waals surface area contributed by atoms with E-state index >= 15 is 0 Å². The van der Waals surface area contributed by atoms with Gasteiger partial charge in [0.1, 0.15) is 5.37 Å². The van der Waals surface area contributed by atoms with Crippen molar-refractivity contribution < 1.29 is 18.3 Å². The SMILES string of the molecule is CCS(=O)(=O)C1CSCCN1C/C=C/C(=O)O. The highest BCUT2D eigenvalue weighted by Gasteiger charge is 2.31. The Bertz CT molecular complexity index is 391. The van der Waals surface area contributed by atoms with Gasteiger partial charge in [-0.25, -0.2) is 13.2 Å². The largest absolute Gasteiger partial charge is 0.478 e. The highest BCUT2D eigenvalue weighted by molar-refractivity contribution is 8.01. The number of aliphatic carboxylic acids is 1. The number of rotatable bonds is 5. The van der Waals surface area contributed by atoms with Gasteiger partial charge in [0.05, 0.1) is 0 Å². The molecule has 0 amide bonds. The summed E-state index contributed by atoms with van der Waals surface area (Å²) in [6, 6.07) is 0. The average Bonchev–Trinajstić information content (AvgIpc) is 2.29. The average molecular weight is 279 g/mol. The number of carboxylic acid groups (broad SMARTS) is 1. The van der Waals surface area contributed by atoms with E-state index in [4.69, 9.17) is 5.11 Å². The third-order valence-corrected chi connectivity index (χ3v) is 5.94. The van der Waals surface area contributed by atoms with Gasteiger partial charge in [0.15, 0.2) is 9.84 Å². The Kier molecular flexibility index (Phi) is 5.48. The van der Waals surface area contributed by atoms with Crippen molar-refractivity contribution in [2.45, 2.75) is 12.3 Å². The number of sulfone groups is 1.